The molecule has 0 fully saturated rings. The number of aliphatic carboxylic acids is 1. The van der Waals surface area contributed by atoms with Crippen molar-refractivity contribution in [3.8, 4) is 0 Å². The smallest absolute Gasteiger partial charge is 0.317 e. The lowest BCUT2D eigenvalue weighted by Gasteiger charge is -2.10. The van der Waals surface area contributed by atoms with E-state index in [-0.39, 0.29) is 6.10 Å². The van der Waals surface area contributed by atoms with Gasteiger partial charge in [0.25, 0.3) is 0 Å². The highest BCUT2D eigenvalue weighted by Gasteiger charge is 2.11. The third-order valence-corrected chi connectivity index (χ3v) is 1.32. The van der Waals surface area contributed by atoms with Crippen molar-refractivity contribution >= 4 is 11.9 Å². The Morgan fingerprint density at radius 2 is 2.08 bits per heavy atom. The summed E-state index contributed by atoms with van der Waals surface area (Å²) in [6.45, 7) is 3.73. The van der Waals surface area contributed by atoms with Gasteiger partial charge in [0, 0.05) is 0 Å². The van der Waals surface area contributed by atoms with E-state index in [2.05, 4.69) is 0 Å². The van der Waals surface area contributed by atoms with Crippen LogP contribution in [0.2, 0.25) is 0 Å². The summed E-state index contributed by atoms with van der Waals surface area (Å²) < 4.78 is 4.78. The maximum absolute atomic E-state index is 10.7. The molecule has 1 unspecified atom stereocenters. The summed E-state index contributed by atoms with van der Waals surface area (Å²) in [7, 11) is 0. The molecule has 0 heterocycles. The Morgan fingerprint density at radius 3 is 2.50 bits per heavy atom. The minimum Gasteiger partial charge on any atom is -0.481 e. The molecule has 0 aromatic carbocycles. The highest BCUT2D eigenvalue weighted by Crippen LogP contribution is 2.02. The topological polar surface area (TPSA) is 63.6 Å². The Kier molecular flexibility index (Phi) is 5.08. The number of carbonyl (C=O) groups excluding carboxylic acids is 1. The van der Waals surface area contributed by atoms with Crippen LogP contribution in [0.25, 0.3) is 0 Å². The molecule has 70 valence electrons. The van der Waals surface area contributed by atoms with Crippen molar-refractivity contribution in [2.45, 2.75) is 39.2 Å². The number of hydrogen-bond acceptors (Lipinski definition) is 3. The number of carboxylic acid groups (broad SMARTS) is 1. The largest absolute Gasteiger partial charge is 0.481 e. The van der Waals surface area contributed by atoms with E-state index in [0.29, 0.717) is 0 Å². The van der Waals surface area contributed by atoms with E-state index in [1.165, 1.54) is 0 Å². The summed E-state index contributed by atoms with van der Waals surface area (Å²) in [5.41, 5.74) is 0. The van der Waals surface area contributed by atoms with E-state index in [1.807, 2.05) is 6.92 Å². The predicted molar refractivity (Wildman–Crippen MR) is 42.7 cm³/mol. The fourth-order valence-electron chi connectivity index (χ4n) is 0.855. The van der Waals surface area contributed by atoms with Gasteiger partial charge in [-0.2, -0.15) is 0 Å². The van der Waals surface area contributed by atoms with Crippen LogP contribution >= 0.6 is 0 Å². The number of hydrogen-bond donors (Lipinski definition) is 1. The van der Waals surface area contributed by atoms with Crippen LogP contribution in [-0.2, 0) is 14.3 Å². The zero-order valence-electron chi connectivity index (χ0n) is 7.37. The summed E-state index contributed by atoms with van der Waals surface area (Å²) in [6, 6.07) is 0. The maximum Gasteiger partial charge on any atom is 0.317 e. The maximum atomic E-state index is 10.7. The van der Waals surface area contributed by atoms with Crippen LogP contribution in [0.4, 0.5) is 0 Å². The highest BCUT2D eigenvalue weighted by atomic mass is 16.5. The second kappa shape index (κ2) is 5.57. The molecule has 0 spiro atoms. The van der Waals surface area contributed by atoms with Crippen LogP contribution in [0.5, 0.6) is 0 Å². The van der Waals surface area contributed by atoms with Crippen molar-refractivity contribution in [1.29, 1.82) is 0 Å². The molecule has 0 aromatic rings. The van der Waals surface area contributed by atoms with Gasteiger partial charge in [-0.1, -0.05) is 13.3 Å². The number of ether oxygens (including phenoxy) is 1. The first-order chi connectivity index (χ1) is 5.56. The zero-order chi connectivity index (χ0) is 9.56. The molecule has 0 aliphatic carbocycles. The van der Waals surface area contributed by atoms with Crippen molar-refractivity contribution in [1.82, 2.24) is 0 Å². The molecule has 0 rings (SSSR count). The Bertz CT molecular complexity index is 164. The molecule has 0 aromatic heterocycles. The lowest BCUT2D eigenvalue weighted by atomic mass is 10.2. The predicted octanol–water partition coefficient (Wildman–Crippen LogP) is 1.19. The summed E-state index contributed by atoms with van der Waals surface area (Å²) in [4.78, 5) is 20.8. The van der Waals surface area contributed by atoms with Gasteiger partial charge in [0.05, 0.1) is 6.10 Å². The van der Waals surface area contributed by atoms with Crippen molar-refractivity contribution < 1.29 is 19.4 Å². The van der Waals surface area contributed by atoms with Crippen molar-refractivity contribution in [3.63, 3.8) is 0 Å². The molecule has 4 heteroatoms. The first-order valence-electron chi connectivity index (χ1n) is 3.97. The molecule has 0 amide bonds. The van der Waals surface area contributed by atoms with Gasteiger partial charge < -0.3 is 9.84 Å². The van der Waals surface area contributed by atoms with Gasteiger partial charge >= 0.3 is 11.9 Å². The van der Waals surface area contributed by atoms with E-state index in [9.17, 15) is 9.59 Å². The van der Waals surface area contributed by atoms with Gasteiger partial charge in [0.1, 0.15) is 6.42 Å². The van der Waals surface area contributed by atoms with Crippen LogP contribution in [0.3, 0.4) is 0 Å². The second-order valence-electron chi connectivity index (χ2n) is 2.66. The molecule has 4 nitrogen and oxygen atoms in total. The fraction of sp³-hybridized carbons (Fsp3) is 0.750. The summed E-state index contributed by atoms with van der Waals surface area (Å²) >= 11 is 0. The summed E-state index contributed by atoms with van der Waals surface area (Å²) in [6.07, 6.45) is 0.961. The lowest BCUT2D eigenvalue weighted by Crippen LogP contribution is -2.17. The summed E-state index contributed by atoms with van der Waals surface area (Å²) in [5.74, 6) is -1.81. The fourth-order valence-corrected chi connectivity index (χ4v) is 0.855. The number of carbonyl (C=O) groups is 2. The lowest BCUT2D eigenvalue weighted by molar-refractivity contribution is -0.154. The molecule has 12 heavy (non-hydrogen) atoms. The third-order valence-electron chi connectivity index (χ3n) is 1.32. The van der Waals surface area contributed by atoms with Crippen molar-refractivity contribution in [3.05, 3.63) is 0 Å². The molecule has 0 radical (unpaired) electrons. The van der Waals surface area contributed by atoms with Crippen LogP contribution in [-0.4, -0.2) is 23.1 Å². The molecular weight excluding hydrogens is 160 g/mol. The SMILES string of the molecule is CCCC(C)OC(=O)CC(=O)O. The highest BCUT2D eigenvalue weighted by molar-refractivity contribution is 5.90. The van der Waals surface area contributed by atoms with Crippen LogP contribution < -0.4 is 0 Å². The average molecular weight is 174 g/mol. The standard InChI is InChI=1S/C8H14O4/c1-3-4-6(2)12-8(11)5-7(9)10/h6H,3-5H2,1-2H3,(H,9,10). The van der Waals surface area contributed by atoms with E-state index in [4.69, 9.17) is 9.84 Å². The number of carboxylic acids is 1. The Labute approximate surface area is 71.5 Å². The molecule has 0 saturated heterocycles. The third kappa shape index (κ3) is 5.70. The Hall–Kier alpha value is -1.06. The first-order valence-corrected chi connectivity index (χ1v) is 3.97. The molecule has 0 aliphatic heterocycles. The van der Waals surface area contributed by atoms with Gasteiger partial charge in [-0.15, -0.1) is 0 Å². The minimum atomic E-state index is -1.15. The van der Waals surface area contributed by atoms with Crippen LogP contribution in [0.15, 0.2) is 0 Å². The quantitative estimate of drug-likeness (QED) is 0.502. The van der Waals surface area contributed by atoms with E-state index >= 15 is 0 Å². The van der Waals surface area contributed by atoms with Crippen molar-refractivity contribution in [2.75, 3.05) is 0 Å². The first kappa shape index (κ1) is 10.9. The van der Waals surface area contributed by atoms with E-state index in [0.717, 1.165) is 12.8 Å². The zero-order valence-corrected chi connectivity index (χ0v) is 7.37. The molecule has 0 saturated carbocycles. The van der Waals surface area contributed by atoms with E-state index in [1.54, 1.807) is 6.92 Å². The van der Waals surface area contributed by atoms with Gasteiger partial charge in [-0.25, -0.2) is 0 Å². The van der Waals surface area contributed by atoms with Gasteiger partial charge in [0.15, 0.2) is 0 Å². The molecule has 0 bridgehead atoms. The normalized spacial score (nSPS) is 12.2. The van der Waals surface area contributed by atoms with Gasteiger partial charge in [0.2, 0.25) is 0 Å². The Morgan fingerprint density at radius 1 is 1.50 bits per heavy atom. The van der Waals surface area contributed by atoms with Gasteiger partial charge in [-0.05, 0) is 13.3 Å². The molecule has 0 aliphatic rings. The van der Waals surface area contributed by atoms with Crippen LogP contribution in [0.1, 0.15) is 33.1 Å². The summed E-state index contributed by atoms with van der Waals surface area (Å²) in [5, 5.41) is 8.23. The number of rotatable bonds is 5. The minimum absolute atomic E-state index is 0.179. The van der Waals surface area contributed by atoms with Gasteiger partial charge in [-0.3, -0.25) is 9.59 Å². The van der Waals surface area contributed by atoms with Crippen molar-refractivity contribution in [2.24, 2.45) is 0 Å². The Balaban J connectivity index is 3.61. The molecular formula is C8H14O4. The molecule has 1 atom stereocenters. The number of esters is 1. The monoisotopic (exact) mass is 174 g/mol. The second-order valence-corrected chi connectivity index (χ2v) is 2.66. The average Bonchev–Trinajstić information content (AvgIpc) is 1.84. The van der Waals surface area contributed by atoms with Crippen LogP contribution in [0, 0.1) is 0 Å². The molecule has 1 N–H and O–H groups in total. The van der Waals surface area contributed by atoms with E-state index < -0.39 is 18.4 Å².